The number of ether oxygens (including phenoxy) is 2. The van der Waals surface area contributed by atoms with Crippen molar-refractivity contribution in [2.45, 2.75) is 121 Å². The van der Waals surface area contributed by atoms with Crippen molar-refractivity contribution >= 4 is 27.0 Å². The first kappa shape index (κ1) is 29.7. The quantitative estimate of drug-likeness (QED) is 0.221. The summed E-state index contributed by atoms with van der Waals surface area (Å²) in [6.07, 6.45) is 1.89. The highest BCUT2D eigenvalue weighted by molar-refractivity contribution is 6.99. The Bertz CT molecular complexity index is 957. The van der Waals surface area contributed by atoms with Crippen LogP contribution in [0.3, 0.4) is 0 Å². The molecule has 2 aliphatic heterocycles. The molecule has 2 aromatic carbocycles. The fourth-order valence-corrected chi connectivity index (χ4v) is 17.3. The van der Waals surface area contributed by atoms with Gasteiger partial charge in [0.15, 0.2) is 6.29 Å². The first-order valence-electron chi connectivity index (χ1n) is 14.7. The fraction of sp³-hybridized carbons (Fsp3) is 0.625. The van der Waals surface area contributed by atoms with Gasteiger partial charge in [-0.05, 0) is 38.5 Å². The van der Waals surface area contributed by atoms with Crippen LogP contribution in [0.5, 0.6) is 0 Å². The van der Waals surface area contributed by atoms with E-state index >= 15 is 0 Å². The Morgan fingerprint density at radius 2 is 1.29 bits per heavy atom. The van der Waals surface area contributed by atoms with Crippen LogP contribution >= 0.6 is 0 Å². The van der Waals surface area contributed by atoms with E-state index in [0.29, 0.717) is 23.2 Å². The molecule has 2 heterocycles. The zero-order chi connectivity index (χ0) is 27.7. The maximum Gasteiger partial charge on any atom is 0.261 e. The van der Waals surface area contributed by atoms with Crippen LogP contribution in [0, 0.1) is 0 Å². The molecule has 0 radical (unpaired) electrons. The molecular formula is C32H50O4Si2. The summed E-state index contributed by atoms with van der Waals surface area (Å²) in [4.78, 5) is 0. The van der Waals surface area contributed by atoms with Crippen molar-refractivity contribution < 1.29 is 18.3 Å². The standard InChI is InChI=1S/C32H50O4Si2/c1-23(2)37(24(3)4,25(5)6)36-29-22-26(34-31-30(29)35-31)20-21-33-38(32(7,8)9,27-16-12-10-13-17-27)28-18-14-11-15-19-28/h10-19,23-26,29-31H,20-22H2,1-9H3/t26-,29-,30+,31+/m1/s1. The van der Waals surface area contributed by atoms with Gasteiger partial charge in [-0.1, -0.05) is 123 Å². The SMILES string of the molecule is CC(C)[Si](O[C@@H]1C[C@@H](CCO[Si](c2ccccc2)(c2ccccc2)C(C)(C)C)O[C@H]2O[C@H]21)(C(C)C)C(C)C. The molecule has 4 nitrogen and oxygen atoms in total. The largest absolute Gasteiger partial charge is 0.410 e. The molecular weight excluding hydrogens is 505 g/mol. The highest BCUT2D eigenvalue weighted by Gasteiger charge is 2.57. The number of epoxide rings is 1. The molecule has 210 valence electrons. The number of rotatable bonds is 11. The second-order valence-electron chi connectivity index (χ2n) is 13.2. The normalized spacial score (nSPS) is 24.2. The summed E-state index contributed by atoms with van der Waals surface area (Å²) in [7, 11) is -4.55. The van der Waals surface area contributed by atoms with E-state index in [-0.39, 0.29) is 29.6 Å². The lowest BCUT2D eigenvalue weighted by atomic mass is 10.0. The van der Waals surface area contributed by atoms with Crippen molar-refractivity contribution in [3.63, 3.8) is 0 Å². The van der Waals surface area contributed by atoms with Crippen molar-refractivity contribution in [1.82, 2.24) is 0 Å². The molecule has 6 heteroatoms. The molecule has 2 saturated heterocycles. The molecule has 4 rings (SSSR count). The molecule has 0 spiro atoms. The third-order valence-corrected chi connectivity index (χ3v) is 20.1. The van der Waals surface area contributed by atoms with Gasteiger partial charge < -0.3 is 18.3 Å². The Kier molecular flexibility index (Phi) is 9.12. The van der Waals surface area contributed by atoms with Crippen molar-refractivity contribution in [3.05, 3.63) is 60.7 Å². The van der Waals surface area contributed by atoms with Gasteiger partial charge in [0.05, 0.1) is 12.2 Å². The Morgan fingerprint density at radius 1 is 0.789 bits per heavy atom. The van der Waals surface area contributed by atoms with Gasteiger partial charge in [0, 0.05) is 13.0 Å². The highest BCUT2D eigenvalue weighted by atomic mass is 28.4. The molecule has 0 aromatic heterocycles. The maximum absolute atomic E-state index is 7.19. The summed E-state index contributed by atoms with van der Waals surface area (Å²) in [5.41, 5.74) is 1.67. The van der Waals surface area contributed by atoms with Crippen LogP contribution in [-0.4, -0.2) is 47.8 Å². The Balaban J connectivity index is 1.52. The topological polar surface area (TPSA) is 40.2 Å². The molecule has 2 fully saturated rings. The van der Waals surface area contributed by atoms with E-state index in [1.807, 2.05) is 0 Å². The lowest BCUT2D eigenvalue weighted by Crippen LogP contribution is -2.66. The summed E-state index contributed by atoms with van der Waals surface area (Å²) in [6, 6.07) is 21.7. The van der Waals surface area contributed by atoms with Crippen molar-refractivity contribution in [2.24, 2.45) is 0 Å². The summed E-state index contributed by atoms with van der Waals surface area (Å²) in [6.45, 7) is 21.8. The molecule has 2 aliphatic rings. The number of hydrogen-bond acceptors (Lipinski definition) is 4. The number of hydrogen-bond donors (Lipinski definition) is 0. The summed E-state index contributed by atoms with van der Waals surface area (Å²) in [5.74, 6) is 0. The predicted molar refractivity (Wildman–Crippen MR) is 162 cm³/mol. The van der Waals surface area contributed by atoms with Crippen LogP contribution in [0.2, 0.25) is 21.7 Å². The second kappa shape index (κ2) is 11.7. The molecule has 0 saturated carbocycles. The predicted octanol–water partition coefficient (Wildman–Crippen LogP) is 7.03. The summed E-state index contributed by atoms with van der Waals surface area (Å²) in [5, 5.41) is 2.60. The average Bonchev–Trinajstić information content (AvgIpc) is 3.65. The van der Waals surface area contributed by atoms with Crippen molar-refractivity contribution in [2.75, 3.05) is 6.61 Å². The molecule has 0 amide bonds. The van der Waals surface area contributed by atoms with Crippen molar-refractivity contribution in [1.29, 1.82) is 0 Å². The van der Waals surface area contributed by atoms with E-state index in [1.165, 1.54) is 10.4 Å². The van der Waals surface area contributed by atoms with Gasteiger partial charge in [0.25, 0.3) is 8.32 Å². The zero-order valence-corrected chi connectivity index (χ0v) is 27.1. The maximum atomic E-state index is 7.19. The van der Waals surface area contributed by atoms with E-state index in [2.05, 4.69) is 123 Å². The first-order valence-corrected chi connectivity index (χ1v) is 18.7. The minimum atomic E-state index is -2.55. The fourth-order valence-electron chi connectivity index (χ4n) is 7.20. The lowest BCUT2D eigenvalue weighted by Gasteiger charge is -2.45. The van der Waals surface area contributed by atoms with Crippen LogP contribution < -0.4 is 10.4 Å². The summed E-state index contributed by atoms with van der Waals surface area (Å²) >= 11 is 0. The Morgan fingerprint density at radius 3 is 1.74 bits per heavy atom. The highest BCUT2D eigenvalue weighted by Crippen LogP contribution is 2.47. The number of benzene rings is 2. The molecule has 4 atom stereocenters. The smallest absolute Gasteiger partial charge is 0.261 e. The van der Waals surface area contributed by atoms with Gasteiger partial charge in [-0.25, -0.2) is 0 Å². The van der Waals surface area contributed by atoms with Crippen molar-refractivity contribution in [3.8, 4) is 0 Å². The van der Waals surface area contributed by atoms with Crippen LogP contribution in [0.15, 0.2) is 60.7 Å². The molecule has 0 aliphatic carbocycles. The van der Waals surface area contributed by atoms with Crippen LogP contribution in [0.1, 0.15) is 75.2 Å². The molecule has 2 aromatic rings. The van der Waals surface area contributed by atoms with Crippen LogP contribution in [0.4, 0.5) is 0 Å². The van der Waals surface area contributed by atoms with E-state index in [1.54, 1.807) is 0 Å². The first-order chi connectivity index (χ1) is 17.9. The van der Waals surface area contributed by atoms with E-state index < -0.39 is 16.6 Å². The third-order valence-electron chi connectivity index (χ3n) is 8.91. The zero-order valence-electron chi connectivity index (χ0n) is 25.1. The van der Waals surface area contributed by atoms with Gasteiger partial charge in [0.2, 0.25) is 8.32 Å². The van der Waals surface area contributed by atoms with Gasteiger partial charge in [-0.2, -0.15) is 0 Å². The second-order valence-corrected chi connectivity index (χ2v) is 22.9. The van der Waals surface area contributed by atoms with Gasteiger partial charge >= 0.3 is 0 Å². The van der Waals surface area contributed by atoms with Gasteiger partial charge in [-0.15, -0.1) is 0 Å². The van der Waals surface area contributed by atoms with E-state index in [9.17, 15) is 0 Å². The van der Waals surface area contributed by atoms with Crippen LogP contribution in [-0.2, 0) is 18.3 Å². The minimum Gasteiger partial charge on any atom is -0.410 e. The molecule has 38 heavy (non-hydrogen) atoms. The average molecular weight is 555 g/mol. The Hall–Kier alpha value is -1.29. The minimum absolute atomic E-state index is 0.0313. The van der Waals surface area contributed by atoms with Crippen LogP contribution in [0.25, 0.3) is 0 Å². The Labute approximate surface area is 233 Å². The van der Waals surface area contributed by atoms with Gasteiger partial charge in [0.1, 0.15) is 6.10 Å². The summed E-state index contributed by atoms with van der Waals surface area (Å²) < 4.78 is 26.7. The lowest BCUT2D eigenvalue weighted by molar-refractivity contribution is -0.0536. The van der Waals surface area contributed by atoms with E-state index in [4.69, 9.17) is 18.3 Å². The molecule has 0 bridgehead atoms. The number of fused-ring (bicyclic) bond motifs is 1. The van der Waals surface area contributed by atoms with Gasteiger partial charge in [-0.3, -0.25) is 0 Å². The molecule has 0 unspecified atom stereocenters. The third kappa shape index (κ3) is 5.63. The monoisotopic (exact) mass is 554 g/mol. The van der Waals surface area contributed by atoms with E-state index in [0.717, 1.165) is 12.8 Å². The molecule has 0 N–H and O–H groups in total.